The molecule has 0 heterocycles. The molecule has 0 radical (unpaired) electrons. The van der Waals surface area contributed by atoms with Crippen LogP contribution >= 0.6 is 11.8 Å². The lowest BCUT2D eigenvalue weighted by molar-refractivity contribution is 0.252. The van der Waals surface area contributed by atoms with Gasteiger partial charge in [0.2, 0.25) is 0 Å². The Morgan fingerprint density at radius 1 is 1.27 bits per heavy atom. The Bertz CT molecular complexity index is 309. The van der Waals surface area contributed by atoms with Crippen LogP contribution in [0.25, 0.3) is 0 Å². The summed E-state index contributed by atoms with van der Waals surface area (Å²) in [4.78, 5) is 0.613. The molecule has 1 saturated carbocycles. The largest absolute Gasteiger partial charge is 0.385 e. The van der Waals surface area contributed by atoms with Crippen molar-refractivity contribution in [3.05, 3.63) is 24.3 Å². The summed E-state index contributed by atoms with van der Waals surface area (Å²) in [7, 11) is 0. The summed E-state index contributed by atoms with van der Waals surface area (Å²) in [5.74, 6) is -1.52. The standard InChI is InChI=1S/C11H13F2NS/c12-11(13)15-10-5-3-9(4-6-10)14-7-8-1-2-8/h3-6,8,11,14H,1-2,7H2. The van der Waals surface area contributed by atoms with Crippen molar-refractivity contribution >= 4 is 17.4 Å². The first-order valence-corrected chi connectivity index (χ1v) is 5.91. The van der Waals surface area contributed by atoms with Crippen LogP contribution in [0.1, 0.15) is 12.8 Å². The van der Waals surface area contributed by atoms with Crippen LogP contribution < -0.4 is 5.32 Å². The van der Waals surface area contributed by atoms with Crippen molar-refractivity contribution in [1.82, 2.24) is 0 Å². The molecular weight excluding hydrogens is 216 g/mol. The second kappa shape index (κ2) is 4.84. The molecule has 2 rings (SSSR count). The lowest BCUT2D eigenvalue weighted by Gasteiger charge is -2.06. The predicted molar refractivity (Wildman–Crippen MR) is 59.5 cm³/mol. The number of anilines is 1. The summed E-state index contributed by atoms with van der Waals surface area (Å²) >= 11 is 0.583. The number of thioether (sulfide) groups is 1. The van der Waals surface area contributed by atoms with Crippen LogP contribution in [0.3, 0.4) is 0 Å². The maximum atomic E-state index is 12.0. The third-order valence-corrected chi connectivity index (χ3v) is 3.09. The molecule has 1 N–H and O–H groups in total. The topological polar surface area (TPSA) is 12.0 Å². The average molecular weight is 229 g/mol. The van der Waals surface area contributed by atoms with E-state index in [1.165, 1.54) is 12.8 Å². The van der Waals surface area contributed by atoms with Gasteiger partial charge in [0.15, 0.2) is 0 Å². The zero-order chi connectivity index (χ0) is 10.7. The van der Waals surface area contributed by atoms with Gasteiger partial charge in [-0.2, -0.15) is 8.78 Å². The van der Waals surface area contributed by atoms with E-state index in [9.17, 15) is 8.78 Å². The molecule has 0 unspecified atom stereocenters. The Labute approximate surface area is 92.3 Å². The predicted octanol–water partition coefficient (Wildman–Crippen LogP) is 3.82. The highest BCUT2D eigenvalue weighted by Crippen LogP contribution is 2.30. The van der Waals surface area contributed by atoms with Crippen LogP contribution in [0.2, 0.25) is 0 Å². The Balaban J connectivity index is 1.85. The van der Waals surface area contributed by atoms with Crippen molar-refractivity contribution in [1.29, 1.82) is 0 Å². The van der Waals surface area contributed by atoms with Gasteiger partial charge in [0, 0.05) is 17.1 Å². The Kier molecular flexibility index (Phi) is 3.46. The van der Waals surface area contributed by atoms with Crippen LogP contribution in [0, 0.1) is 5.92 Å². The third kappa shape index (κ3) is 3.70. The van der Waals surface area contributed by atoms with E-state index in [1.807, 2.05) is 12.1 Å². The Morgan fingerprint density at radius 3 is 2.47 bits per heavy atom. The Morgan fingerprint density at radius 2 is 1.93 bits per heavy atom. The molecule has 0 aliphatic heterocycles. The van der Waals surface area contributed by atoms with Crippen LogP contribution in [-0.4, -0.2) is 12.3 Å². The van der Waals surface area contributed by atoms with Gasteiger partial charge in [-0.3, -0.25) is 0 Å². The van der Waals surface area contributed by atoms with Crippen molar-refractivity contribution < 1.29 is 8.78 Å². The minimum atomic E-state index is -2.34. The average Bonchev–Trinajstić information content (AvgIpc) is 2.99. The van der Waals surface area contributed by atoms with E-state index >= 15 is 0 Å². The fourth-order valence-corrected chi connectivity index (χ4v) is 1.84. The Hall–Kier alpha value is -0.770. The van der Waals surface area contributed by atoms with Crippen LogP contribution in [0.4, 0.5) is 14.5 Å². The highest BCUT2D eigenvalue weighted by Gasteiger charge is 2.20. The smallest absolute Gasteiger partial charge is 0.288 e. The highest BCUT2D eigenvalue weighted by molar-refractivity contribution is 7.99. The summed E-state index contributed by atoms with van der Waals surface area (Å²) in [6.07, 6.45) is 2.62. The quantitative estimate of drug-likeness (QED) is 0.770. The fraction of sp³-hybridized carbons (Fsp3) is 0.455. The van der Waals surface area contributed by atoms with Crippen molar-refractivity contribution in [2.24, 2.45) is 5.92 Å². The third-order valence-electron chi connectivity index (χ3n) is 2.37. The number of rotatable bonds is 5. The maximum absolute atomic E-state index is 12.0. The molecule has 82 valence electrons. The molecule has 0 bridgehead atoms. The van der Waals surface area contributed by atoms with E-state index in [-0.39, 0.29) is 0 Å². The van der Waals surface area contributed by atoms with Gasteiger partial charge >= 0.3 is 0 Å². The summed E-state index contributed by atoms with van der Waals surface area (Å²) in [6, 6.07) is 7.16. The first-order chi connectivity index (χ1) is 7.24. The number of nitrogens with one attached hydrogen (secondary N) is 1. The lowest BCUT2D eigenvalue weighted by atomic mass is 10.3. The molecule has 1 fully saturated rings. The van der Waals surface area contributed by atoms with Gasteiger partial charge in [-0.1, -0.05) is 11.8 Å². The van der Waals surface area contributed by atoms with Gasteiger partial charge in [-0.25, -0.2) is 0 Å². The maximum Gasteiger partial charge on any atom is 0.288 e. The van der Waals surface area contributed by atoms with Gasteiger partial charge in [0.25, 0.3) is 5.76 Å². The first kappa shape index (κ1) is 10.7. The molecule has 0 amide bonds. The van der Waals surface area contributed by atoms with Gasteiger partial charge in [0.05, 0.1) is 0 Å². The van der Waals surface area contributed by atoms with E-state index in [0.717, 1.165) is 18.2 Å². The monoisotopic (exact) mass is 229 g/mol. The molecule has 0 spiro atoms. The highest BCUT2D eigenvalue weighted by atomic mass is 32.2. The second-order valence-electron chi connectivity index (χ2n) is 3.73. The first-order valence-electron chi connectivity index (χ1n) is 5.03. The molecule has 1 aromatic rings. The zero-order valence-corrected chi connectivity index (χ0v) is 9.07. The van der Waals surface area contributed by atoms with Crippen molar-refractivity contribution in [3.8, 4) is 0 Å². The lowest BCUT2D eigenvalue weighted by Crippen LogP contribution is -2.02. The van der Waals surface area contributed by atoms with E-state index in [1.54, 1.807) is 12.1 Å². The number of halogens is 2. The molecule has 0 atom stereocenters. The number of benzene rings is 1. The second-order valence-corrected chi connectivity index (χ2v) is 4.79. The summed E-state index contributed by atoms with van der Waals surface area (Å²) < 4.78 is 24.1. The van der Waals surface area contributed by atoms with Crippen LogP contribution in [0.5, 0.6) is 0 Å². The van der Waals surface area contributed by atoms with E-state index < -0.39 is 5.76 Å². The van der Waals surface area contributed by atoms with Crippen molar-refractivity contribution in [2.45, 2.75) is 23.5 Å². The molecule has 1 aliphatic rings. The summed E-state index contributed by atoms with van der Waals surface area (Å²) in [5, 5.41) is 3.29. The fourth-order valence-electron chi connectivity index (χ4n) is 1.34. The molecule has 15 heavy (non-hydrogen) atoms. The van der Waals surface area contributed by atoms with Crippen LogP contribution in [0.15, 0.2) is 29.2 Å². The molecule has 1 nitrogen and oxygen atoms in total. The van der Waals surface area contributed by atoms with Gasteiger partial charge in [-0.15, -0.1) is 0 Å². The molecule has 1 aliphatic carbocycles. The molecule has 1 aromatic carbocycles. The zero-order valence-electron chi connectivity index (χ0n) is 8.25. The molecule has 4 heteroatoms. The number of hydrogen-bond acceptors (Lipinski definition) is 2. The SMILES string of the molecule is FC(F)Sc1ccc(NCC2CC2)cc1. The molecular formula is C11H13F2NS. The van der Waals surface area contributed by atoms with E-state index in [0.29, 0.717) is 16.7 Å². The van der Waals surface area contributed by atoms with Gasteiger partial charge in [0.1, 0.15) is 0 Å². The molecule has 0 aromatic heterocycles. The number of alkyl halides is 2. The van der Waals surface area contributed by atoms with E-state index in [2.05, 4.69) is 5.32 Å². The number of hydrogen-bond donors (Lipinski definition) is 1. The van der Waals surface area contributed by atoms with Crippen LogP contribution in [-0.2, 0) is 0 Å². The van der Waals surface area contributed by atoms with E-state index in [4.69, 9.17) is 0 Å². The van der Waals surface area contributed by atoms with Gasteiger partial charge in [-0.05, 0) is 43.0 Å². The summed E-state index contributed by atoms with van der Waals surface area (Å²) in [6.45, 7) is 1.00. The van der Waals surface area contributed by atoms with Gasteiger partial charge < -0.3 is 5.32 Å². The minimum Gasteiger partial charge on any atom is -0.385 e. The van der Waals surface area contributed by atoms with Crippen molar-refractivity contribution in [3.63, 3.8) is 0 Å². The minimum absolute atomic E-state index is 0.583. The molecule has 0 saturated heterocycles. The van der Waals surface area contributed by atoms with Crippen molar-refractivity contribution in [2.75, 3.05) is 11.9 Å². The summed E-state index contributed by atoms with van der Waals surface area (Å²) in [5.41, 5.74) is 1.01. The normalized spacial score (nSPS) is 15.7.